The monoisotopic (exact) mass is 272 g/mol. The maximum atomic E-state index is 11.7. The van der Waals surface area contributed by atoms with E-state index in [-0.39, 0.29) is 17.6 Å². The molecule has 0 aromatic rings. The molecule has 110 valence electrons. The number of hydrogen-bond acceptors (Lipinski definition) is 5. The molecule has 1 saturated heterocycles. The second kappa shape index (κ2) is 6.34. The number of esters is 1. The minimum absolute atomic E-state index is 0.0966. The van der Waals surface area contributed by atoms with E-state index in [2.05, 4.69) is 10.2 Å². The largest absolute Gasteiger partial charge is 0.467 e. The van der Waals surface area contributed by atoms with Crippen molar-refractivity contribution in [1.29, 1.82) is 0 Å². The van der Waals surface area contributed by atoms with E-state index >= 15 is 0 Å². The third-order valence-corrected chi connectivity index (χ3v) is 2.94. The number of nitrogens with one attached hydrogen (secondary N) is 1. The number of nitrogens with zero attached hydrogens (tertiary/aromatic N) is 1. The number of ether oxygens (including phenoxy) is 2. The summed E-state index contributed by atoms with van der Waals surface area (Å²) in [5.74, 6) is -0.664. The van der Waals surface area contributed by atoms with Gasteiger partial charge in [-0.05, 0) is 20.8 Å². The highest BCUT2D eigenvalue weighted by molar-refractivity contribution is 5.83. The van der Waals surface area contributed by atoms with Gasteiger partial charge < -0.3 is 14.8 Å². The molecule has 0 aromatic carbocycles. The summed E-state index contributed by atoms with van der Waals surface area (Å²) >= 11 is 0. The first-order valence-corrected chi connectivity index (χ1v) is 6.48. The van der Waals surface area contributed by atoms with E-state index in [0.29, 0.717) is 13.1 Å². The molecule has 1 N–H and O–H groups in total. The SMILES string of the molecule is COC(=O)C(CN1CC(C)OC(C)(C)C1)NC(C)=O. The predicted molar refractivity (Wildman–Crippen MR) is 70.7 cm³/mol. The van der Waals surface area contributed by atoms with Crippen molar-refractivity contribution in [2.75, 3.05) is 26.7 Å². The van der Waals surface area contributed by atoms with Crippen molar-refractivity contribution in [1.82, 2.24) is 10.2 Å². The topological polar surface area (TPSA) is 67.9 Å². The van der Waals surface area contributed by atoms with Crippen LogP contribution in [0.15, 0.2) is 0 Å². The van der Waals surface area contributed by atoms with Crippen molar-refractivity contribution >= 4 is 11.9 Å². The van der Waals surface area contributed by atoms with Crippen LogP contribution in [-0.4, -0.2) is 61.3 Å². The molecule has 0 bridgehead atoms. The molecule has 0 aliphatic carbocycles. The summed E-state index contributed by atoms with van der Waals surface area (Å²) in [5.41, 5.74) is -0.255. The molecule has 1 aliphatic heterocycles. The molecule has 0 aromatic heterocycles. The van der Waals surface area contributed by atoms with Crippen molar-refractivity contribution < 1.29 is 19.1 Å². The van der Waals surface area contributed by atoms with Gasteiger partial charge in [-0.2, -0.15) is 0 Å². The Labute approximate surface area is 114 Å². The van der Waals surface area contributed by atoms with E-state index in [0.717, 1.165) is 6.54 Å². The van der Waals surface area contributed by atoms with Gasteiger partial charge in [0, 0.05) is 26.6 Å². The quantitative estimate of drug-likeness (QED) is 0.739. The summed E-state index contributed by atoms with van der Waals surface area (Å²) < 4.78 is 10.5. The molecule has 1 aliphatic rings. The van der Waals surface area contributed by atoms with E-state index in [4.69, 9.17) is 9.47 Å². The van der Waals surface area contributed by atoms with Gasteiger partial charge in [-0.25, -0.2) is 4.79 Å². The molecule has 2 atom stereocenters. The molecule has 6 nitrogen and oxygen atoms in total. The number of rotatable bonds is 4. The van der Waals surface area contributed by atoms with Crippen molar-refractivity contribution in [3.63, 3.8) is 0 Å². The van der Waals surface area contributed by atoms with Crippen molar-refractivity contribution in [3.8, 4) is 0 Å². The second-order valence-electron chi connectivity index (χ2n) is 5.66. The highest BCUT2D eigenvalue weighted by atomic mass is 16.5. The van der Waals surface area contributed by atoms with Gasteiger partial charge in [-0.15, -0.1) is 0 Å². The average molecular weight is 272 g/mol. The van der Waals surface area contributed by atoms with Crippen LogP contribution in [0.5, 0.6) is 0 Å². The van der Waals surface area contributed by atoms with Crippen LogP contribution in [0.4, 0.5) is 0 Å². The number of methoxy groups -OCH3 is 1. The smallest absolute Gasteiger partial charge is 0.329 e. The Hall–Kier alpha value is -1.14. The molecular formula is C13H24N2O4. The van der Waals surface area contributed by atoms with Crippen molar-refractivity contribution in [2.24, 2.45) is 0 Å². The van der Waals surface area contributed by atoms with E-state index in [9.17, 15) is 9.59 Å². The fourth-order valence-electron chi connectivity index (χ4n) is 2.55. The fraction of sp³-hybridized carbons (Fsp3) is 0.846. The highest BCUT2D eigenvalue weighted by Crippen LogP contribution is 2.20. The van der Waals surface area contributed by atoms with E-state index in [1.54, 1.807) is 0 Å². The lowest BCUT2D eigenvalue weighted by Gasteiger charge is -2.42. The molecule has 19 heavy (non-hydrogen) atoms. The molecule has 1 fully saturated rings. The molecule has 0 spiro atoms. The highest BCUT2D eigenvalue weighted by Gasteiger charge is 2.33. The normalized spacial score (nSPS) is 24.6. The molecule has 2 unspecified atom stereocenters. The number of morpholine rings is 1. The number of hydrogen-bond donors (Lipinski definition) is 1. The number of carbonyl (C=O) groups excluding carboxylic acids is 2. The van der Waals surface area contributed by atoms with Gasteiger partial charge in [-0.3, -0.25) is 9.69 Å². The van der Waals surface area contributed by atoms with Crippen LogP contribution in [0.1, 0.15) is 27.7 Å². The van der Waals surface area contributed by atoms with Crippen LogP contribution in [-0.2, 0) is 19.1 Å². The Morgan fingerprint density at radius 2 is 2.16 bits per heavy atom. The first-order chi connectivity index (χ1) is 8.73. The Morgan fingerprint density at radius 3 is 2.63 bits per heavy atom. The molecule has 1 heterocycles. The van der Waals surface area contributed by atoms with Gasteiger partial charge in [0.2, 0.25) is 5.91 Å². The van der Waals surface area contributed by atoms with Crippen LogP contribution in [0.3, 0.4) is 0 Å². The standard InChI is InChI=1S/C13H24N2O4/c1-9-6-15(8-13(3,4)19-9)7-11(12(17)18-5)14-10(2)16/h9,11H,6-8H2,1-5H3,(H,14,16). The van der Waals surface area contributed by atoms with Gasteiger partial charge >= 0.3 is 5.97 Å². The average Bonchev–Trinajstić information content (AvgIpc) is 2.23. The summed E-state index contributed by atoms with van der Waals surface area (Å²) in [4.78, 5) is 24.9. The minimum atomic E-state index is -0.636. The number of carbonyl (C=O) groups is 2. The summed E-state index contributed by atoms with van der Waals surface area (Å²) in [5, 5.41) is 2.62. The van der Waals surface area contributed by atoms with Crippen molar-refractivity contribution in [2.45, 2.75) is 45.4 Å². The van der Waals surface area contributed by atoms with E-state index in [1.807, 2.05) is 20.8 Å². The third kappa shape index (κ3) is 5.16. The van der Waals surface area contributed by atoms with Crippen LogP contribution < -0.4 is 5.32 Å². The van der Waals surface area contributed by atoms with Gasteiger partial charge in [0.1, 0.15) is 6.04 Å². The first kappa shape index (κ1) is 15.9. The Bertz CT molecular complexity index is 344. The van der Waals surface area contributed by atoms with Crippen molar-refractivity contribution in [3.05, 3.63) is 0 Å². The minimum Gasteiger partial charge on any atom is -0.467 e. The number of amides is 1. The fourth-order valence-corrected chi connectivity index (χ4v) is 2.55. The molecule has 1 rings (SSSR count). The van der Waals surface area contributed by atoms with Crippen LogP contribution in [0, 0.1) is 0 Å². The van der Waals surface area contributed by atoms with Gasteiger partial charge in [0.25, 0.3) is 0 Å². The molecular weight excluding hydrogens is 248 g/mol. The first-order valence-electron chi connectivity index (χ1n) is 6.48. The zero-order valence-corrected chi connectivity index (χ0v) is 12.4. The Kier molecular flexibility index (Phi) is 5.31. The summed E-state index contributed by atoms with van der Waals surface area (Å²) in [6.07, 6.45) is 0.0966. The molecule has 6 heteroatoms. The van der Waals surface area contributed by atoms with Crippen LogP contribution in [0.2, 0.25) is 0 Å². The van der Waals surface area contributed by atoms with Gasteiger partial charge in [0.05, 0.1) is 18.8 Å². The Balaban J connectivity index is 2.67. The van der Waals surface area contributed by atoms with Crippen LogP contribution in [0.25, 0.3) is 0 Å². The lowest BCUT2D eigenvalue weighted by Crippen LogP contribution is -2.57. The lowest BCUT2D eigenvalue weighted by molar-refractivity contribution is -0.150. The van der Waals surface area contributed by atoms with Gasteiger partial charge in [-0.1, -0.05) is 0 Å². The lowest BCUT2D eigenvalue weighted by atomic mass is 10.0. The maximum absolute atomic E-state index is 11.7. The second-order valence-corrected chi connectivity index (χ2v) is 5.66. The van der Waals surface area contributed by atoms with E-state index < -0.39 is 12.0 Å². The maximum Gasteiger partial charge on any atom is 0.329 e. The molecule has 1 amide bonds. The zero-order valence-electron chi connectivity index (χ0n) is 12.4. The summed E-state index contributed by atoms with van der Waals surface area (Å²) in [6, 6.07) is -0.636. The molecule has 0 radical (unpaired) electrons. The van der Waals surface area contributed by atoms with Crippen LogP contribution >= 0.6 is 0 Å². The predicted octanol–water partition coefficient (Wildman–Crippen LogP) is 0.163. The van der Waals surface area contributed by atoms with Gasteiger partial charge in [0.15, 0.2) is 0 Å². The Morgan fingerprint density at radius 1 is 1.53 bits per heavy atom. The third-order valence-electron chi connectivity index (χ3n) is 2.94. The summed E-state index contributed by atoms with van der Waals surface area (Å²) in [6.45, 7) is 9.30. The zero-order chi connectivity index (χ0) is 14.6. The summed E-state index contributed by atoms with van der Waals surface area (Å²) in [7, 11) is 1.32. The van der Waals surface area contributed by atoms with E-state index in [1.165, 1.54) is 14.0 Å². The molecule has 0 saturated carbocycles.